The average molecular weight is 553 g/mol. The van der Waals surface area contributed by atoms with Crippen LogP contribution in [0, 0.1) is 0 Å². The predicted molar refractivity (Wildman–Crippen MR) is 129 cm³/mol. The standard InChI is InChI=1S/C26H32O13/c1-12-18(29)20(31)22(33)25(36-12)39-23-21(32)19(30)16(10-27)38-26(23)37-15-9-5-8-14(28)17(15)24(34)35-11-13-6-3-2-4-7-13/h2-9,12,16,18-23,25-33H,10-11H2,1H3. The van der Waals surface area contributed by atoms with Crippen molar-refractivity contribution < 1.29 is 64.2 Å². The lowest BCUT2D eigenvalue weighted by Crippen LogP contribution is -2.64. The topological polar surface area (TPSA) is 205 Å². The van der Waals surface area contributed by atoms with Crippen molar-refractivity contribution in [1.82, 2.24) is 0 Å². The number of benzene rings is 2. The molecule has 0 radical (unpaired) electrons. The third kappa shape index (κ3) is 6.32. The zero-order valence-electron chi connectivity index (χ0n) is 20.9. The number of carbonyl (C=O) groups is 1. The van der Waals surface area contributed by atoms with Crippen molar-refractivity contribution in [1.29, 1.82) is 0 Å². The van der Waals surface area contributed by atoms with Crippen LogP contribution in [0.25, 0.3) is 0 Å². The molecule has 4 rings (SSSR count). The zero-order chi connectivity index (χ0) is 28.3. The number of rotatable bonds is 8. The summed E-state index contributed by atoms with van der Waals surface area (Å²) in [6.07, 6.45) is -15.4. The Morgan fingerprint density at radius 2 is 1.56 bits per heavy atom. The van der Waals surface area contributed by atoms with Gasteiger partial charge in [-0.25, -0.2) is 4.79 Å². The molecule has 0 amide bonds. The molecule has 2 aromatic rings. The van der Waals surface area contributed by atoms with Crippen molar-refractivity contribution in [2.75, 3.05) is 6.61 Å². The van der Waals surface area contributed by atoms with E-state index in [1.54, 1.807) is 30.3 Å². The van der Waals surface area contributed by atoms with Gasteiger partial charge in [-0.05, 0) is 24.6 Å². The number of hydrogen-bond acceptors (Lipinski definition) is 13. The van der Waals surface area contributed by atoms with Crippen LogP contribution in [0.1, 0.15) is 22.8 Å². The first-order chi connectivity index (χ1) is 18.6. The molecule has 0 bridgehead atoms. The molecule has 10 atom stereocenters. The Balaban J connectivity index is 1.58. The molecule has 2 aliphatic rings. The third-order valence-electron chi connectivity index (χ3n) is 6.59. The summed E-state index contributed by atoms with van der Waals surface area (Å²) in [5, 5.41) is 71.7. The first-order valence-corrected chi connectivity index (χ1v) is 12.3. The van der Waals surface area contributed by atoms with E-state index in [9.17, 15) is 40.5 Å². The molecule has 13 nitrogen and oxygen atoms in total. The van der Waals surface area contributed by atoms with Gasteiger partial charge in [0.25, 0.3) is 0 Å². The number of aromatic hydroxyl groups is 1. The van der Waals surface area contributed by atoms with Gasteiger partial charge in [-0.2, -0.15) is 0 Å². The molecule has 0 aliphatic carbocycles. The molecule has 2 heterocycles. The molecule has 2 fully saturated rings. The SMILES string of the molecule is CC1OC(OC2C(Oc3cccc(O)c3C(=O)OCc3ccccc3)OC(CO)C(O)C2O)C(O)C(O)C1O. The Morgan fingerprint density at radius 3 is 2.26 bits per heavy atom. The molecule has 13 heteroatoms. The van der Waals surface area contributed by atoms with E-state index in [1.165, 1.54) is 25.1 Å². The summed E-state index contributed by atoms with van der Waals surface area (Å²) in [5.41, 5.74) is 0.335. The van der Waals surface area contributed by atoms with Gasteiger partial charge in [0, 0.05) is 0 Å². The van der Waals surface area contributed by atoms with E-state index < -0.39 is 79.7 Å². The number of aliphatic hydroxyl groups excluding tert-OH is 6. The lowest BCUT2D eigenvalue weighted by molar-refractivity contribution is -0.354. The first-order valence-electron chi connectivity index (χ1n) is 12.3. The molecule has 0 saturated carbocycles. The molecule has 0 aromatic heterocycles. The van der Waals surface area contributed by atoms with Crippen LogP contribution in [0.3, 0.4) is 0 Å². The largest absolute Gasteiger partial charge is 0.507 e. The average Bonchev–Trinajstić information content (AvgIpc) is 2.93. The molecule has 10 unspecified atom stereocenters. The maximum absolute atomic E-state index is 12.9. The van der Waals surface area contributed by atoms with Gasteiger partial charge in [0.2, 0.25) is 6.29 Å². The van der Waals surface area contributed by atoms with Crippen LogP contribution in [-0.4, -0.2) is 110 Å². The summed E-state index contributed by atoms with van der Waals surface area (Å²) in [6.45, 7) is 0.607. The maximum atomic E-state index is 12.9. The number of phenolic OH excluding ortho intramolecular Hbond substituents is 1. The van der Waals surface area contributed by atoms with Gasteiger partial charge in [-0.3, -0.25) is 0 Å². The number of esters is 1. The van der Waals surface area contributed by atoms with Gasteiger partial charge in [0.1, 0.15) is 60.3 Å². The lowest BCUT2D eigenvalue weighted by Gasteiger charge is -2.45. The molecule has 214 valence electrons. The smallest absolute Gasteiger partial charge is 0.346 e. The van der Waals surface area contributed by atoms with E-state index in [0.29, 0.717) is 5.56 Å². The van der Waals surface area contributed by atoms with Crippen molar-refractivity contribution in [2.24, 2.45) is 0 Å². The normalized spacial score (nSPS) is 34.8. The van der Waals surface area contributed by atoms with Gasteiger partial charge in [-0.1, -0.05) is 36.4 Å². The summed E-state index contributed by atoms with van der Waals surface area (Å²) >= 11 is 0. The Morgan fingerprint density at radius 1 is 0.846 bits per heavy atom. The Hall–Kier alpha value is -2.85. The summed E-state index contributed by atoms with van der Waals surface area (Å²) in [6, 6.07) is 12.7. The van der Waals surface area contributed by atoms with E-state index in [0.717, 1.165) is 0 Å². The van der Waals surface area contributed by atoms with Gasteiger partial charge in [0.05, 0.1) is 12.7 Å². The maximum Gasteiger partial charge on any atom is 0.346 e. The second-order valence-corrected chi connectivity index (χ2v) is 9.32. The third-order valence-corrected chi connectivity index (χ3v) is 6.59. The number of ether oxygens (including phenoxy) is 5. The number of phenols is 1. The molecule has 2 saturated heterocycles. The van der Waals surface area contributed by atoms with Crippen molar-refractivity contribution in [3.8, 4) is 11.5 Å². The van der Waals surface area contributed by atoms with Crippen LogP contribution in [0.4, 0.5) is 0 Å². The molecule has 2 aliphatic heterocycles. The second-order valence-electron chi connectivity index (χ2n) is 9.32. The van der Waals surface area contributed by atoms with Crippen LogP contribution < -0.4 is 4.74 Å². The van der Waals surface area contributed by atoms with Crippen LogP contribution >= 0.6 is 0 Å². The first kappa shape index (κ1) is 29.1. The molecular weight excluding hydrogens is 520 g/mol. The second kappa shape index (κ2) is 12.6. The highest BCUT2D eigenvalue weighted by molar-refractivity contribution is 5.95. The number of hydrogen-bond donors (Lipinski definition) is 7. The van der Waals surface area contributed by atoms with Gasteiger partial charge in [-0.15, -0.1) is 0 Å². The van der Waals surface area contributed by atoms with Gasteiger partial charge < -0.3 is 59.4 Å². The highest BCUT2D eigenvalue weighted by Gasteiger charge is 2.51. The van der Waals surface area contributed by atoms with Crippen LogP contribution in [0.15, 0.2) is 48.5 Å². The fourth-order valence-electron chi connectivity index (χ4n) is 4.32. The van der Waals surface area contributed by atoms with Crippen molar-refractivity contribution in [2.45, 2.75) is 74.9 Å². The van der Waals surface area contributed by atoms with Crippen molar-refractivity contribution >= 4 is 5.97 Å². The lowest BCUT2D eigenvalue weighted by atomic mass is 9.97. The van der Waals surface area contributed by atoms with E-state index in [4.69, 9.17) is 23.7 Å². The molecular formula is C26H32O13. The predicted octanol–water partition coefficient (Wildman–Crippen LogP) is -1.22. The fourth-order valence-corrected chi connectivity index (χ4v) is 4.32. The quantitative estimate of drug-likeness (QED) is 0.192. The monoisotopic (exact) mass is 552 g/mol. The zero-order valence-corrected chi connectivity index (χ0v) is 20.9. The highest BCUT2D eigenvalue weighted by atomic mass is 16.8. The Kier molecular flexibility index (Phi) is 9.38. The molecule has 39 heavy (non-hydrogen) atoms. The molecule has 0 spiro atoms. The highest BCUT2D eigenvalue weighted by Crippen LogP contribution is 2.34. The van der Waals surface area contributed by atoms with Gasteiger partial charge >= 0.3 is 5.97 Å². The molecule has 2 aromatic carbocycles. The van der Waals surface area contributed by atoms with E-state index in [2.05, 4.69) is 0 Å². The van der Waals surface area contributed by atoms with Gasteiger partial charge in [0.15, 0.2) is 12.4 Å². The number of aliphatic hydroxyl groups is 6. The van der Waals surface area contributed by atoms with E-state index >= 15 is 0 Å². The minimum absolute atomic E-state index is 0.0973. The minimum Gasteiger partial charge on any atom is -0.507 e. The van der Waals surface area contributed by atoms with E-state index in [-0.39, 0.29) is 17.9 Å². The minimum atomic E-state index is -1.76. The fraction of sp³-hybridized carbons (Fsp3) is 0.500. The van der Waals surface area contributed by atoms with E-state index in [1.807, 2.05) is 0 Å². The molecule has 7 N–H and O–H groups in total. The Labute approximate surface area is 223 Å². The van der Waals surface area contributed by atoms with Crippen molar-refractivity contribution in [3.05, 3.63) is 59.7 Å². The van der Waals surface area contributed by atoms with Crippen molar-refractivity contribution in [3.63, 3.8) is 0 Å². The van der Waals surface area contributed by atoms with Crippen LogP contribution in [0.2, 0.25) is 0 Å². The summed E-state index contributed by atoms with van der Waals surface area (Å²) in [7, 11) is 0. The van der Waals surface area contributed by atoms with Crippen LogP contribution in [-0.2, 0) is 25.6 Å². The summed E-state index contributed by atoms with van der Waals surface area (Å²) in [5.74, 6) is -1.65. The summed E-state index contributed by atoms with van der Waals surface area (Å²) in [4.78, 5) is 12.9. The number of carbonyl (C=O) groups excluding carboxylic acids is 1. The van der Waals surface area contributed by atoms with Crippen LogP contribution in [0.5, 0.6) is 11.5 Å². The Bertz CT molecular complexity index is 1100. The summed E-state index contributed by atoms with van der Waals surface area (Å²) < 4.78 is 27.8.